The van der Waals surface area contributed by atoms with Crippen LogP contribution in [0.4, 0.5) is 4.79 Å². The van der Waals surface area contributed by atoms with Gasteiger partial charge in [0, 0.05) is 13.1 Å². The number of ether oxygens (including phenoxy) is 1. The third-order valence-electron chi connectivity index (χ3n) is 3.30. The Balaban J connectivity index is 1.97. The molecule has 1 aromatic carbocycles. The minimum absolute atomic E-state index is 0.182. The molecule has 1 unspecified atom stereocenters. The summed E-state index contributed by atoms with van der Waals surface area (Å²) in [6.45, 7) is 2.30. The SMILES string of the molecule is CN(Cc1ccccc1)C1CN(C(=O)O)CCCO1. The maximum atomic E-state index is 11.1. The van der Waals surface area contributed by atoms with Crippen molar-refractivity contribution in [2.45, 2.75) is 19.2 Å². The van der Waals surface area contributed by atoms with Crippen LogP contribution >= 0.6 is 0 Å². The highest BCUT2D eigenvalue weighted by Crippen LogP contribution is 2.12. The summed E-state index contributed by atoms with van der Waals surface area (Å²) in [4.78, 5) is 14.6. The van der Waals surface area contributed by atoms with Crippen LogP contribution in [0.15, 0.2) is 30.3 Å². The molecular formula is C14H20N2O3. The fraction of sp³-hybridized carbons (Fsp3) is 0.500. The molecule has 0 bridgehead atoms. The highest BCUT2D eigenvalue weighted by molar-refractivity contribution is 5.64. The van der Waals surface area contributed by atoms with Crippen molar-refractivity contribution in [2.75, 3.05) is 26.7 Å². The van der Waals surface area contributed by atoms with Crippen molar-refractivity contribution in [3.8, 4) is 0 Å². The number of rotatable bonds is 3. The Hall–Kier alpha value is -1.59. The van der Waals surface area contributed by atoms with Gasteiger partial charge >= 0.3 is 6.09 Å². The topological polar surface area (TPSA) is 53.0 Å². The van der Waals surface area contributed by atoms with Crippen LogP contribution in [-0.4, -0.2) is 54.0 Å². The van der Waals surface area contributed by atoms with Gasteiger partial charge < -0.3 is 14.7 Å². The molecule has 1 amide bonds. The average Bonchev–Trinajstić information content (AvgIpc) is 2.65. The first-order valence-corrected chi connectivity index (χ1v) is 6.50. The smallest absolute Gasteiger partial charge is 0.407 e. The lowest BCUT2D eigenvalue weighted by Gasteiger charge is -2.29. The molecule has 5 nitrogen and oxygen atoms in total. The Morgan fingerprint density at radius 1 is 1.47 bits per heavy atom. The van der Waals surface area contributed by atoms with Crippen LogP contribution in [0.5, 0.6) is 0 Å². The molecule has 1 heterocycles. The third kappa shape index (κ3) is 3.94. The molecule has 1 aliphatic heterocycles. The maximum Gasteiger partial charge on any atom is 0.407 e. The highest BCUT2D eigenvalue weighted by atomic mass is 16.5. The normalized spacial score (nSPS) is 20.3. The number of hydrogen-bond acceptors (Lipinski definition) is 3. The Bertz CT molecular complexity index is 410. The summed E-state index contributed by atoms with van der Waals surface area (Å²) in [5.74, 6) is 0. The van der Waals surface area contributed by atoms with Crippen molar-refractivity contribution in [3.63, 3.8) is 0 Å². The number of nitrogens with zero attached hydrogens (tertiary/aromatic N) is 2. The van der Waals surface area contributed by atoms with Gasteiger partial charge in [0.15, 0.2) is 0 Å². The number of carboxylic acid groups (broad SMARTS) is 1. The first-order chi connectivity index (χ1) is 9.16. The van der Waals surface area contributed by atoms with E-state index in [4.69, 9.17) is 9.84 Å². The van der Waals surface area contributed by atoms with Crippen LogP contribution in [0.3, 0.4) is 0 Å². The maximum absolute atomic E-state index is 11.1. The Labute approximate surface area is 113 Å². The molecular weight excluding hydrogens is 244 g/mol. The van der Waals surface area contributed by atoms with Crippen molar-refractivity contribution in [1.29, 1.82) is 0 Å². The molecule has 0 radical (unpaired) electrons. The zero-order chi connectivity index (χ0) is 13.7. The molecule has 1 aromatic rings. The van der Waals surface area contributed by atoms with E-state index >= 15 is 0 Å². The zero-order valence-electron chi connectivity index (χ0n) is 11.2. The van der Waals surface area contributed by atoms with E-state index < -0.39 is 6.09 Å². The largest absolute Gasteiger partial charge is 0.465 e. The van der Waals surface area contributed by atoms with Crippen LogP contribution in [0.1, 0.15) is 12.0 Å². The van der Waals surface area contributed by atoms with Gasteiger partial charge in [-0.25, -0.2) is 4.79 Å². The first-order valence-electron chi connectivity index (χ1n) is 6.50. The van der Waals surface area contributed by atoms with Crippen LogP contribution < -0.4 is 0 Å². The lowest BCUT2D eigenvalue weighted by atomic mass is 10.2. The fourth-order valence-corrected chi connectivity index (χ4v) is 2.22. The lowest BCUT2D eigenvalue weighted by molar-refractivity contribution is -0.0494. The van der Waals surface area contributed by atoms with Gasteiger partial charge in [-0.2, -0.15) is 0 Å². The Morgan fingerprint density at radius 2 is 2.21 bits per heavy atom. The predicted molar refractivity (Wildman–Crippen MR) is 71.9 cm³/mol. The van der Waals surface area contributed by atoms with Gasteiger partial charge in [0.25, 0.3) is 0 Å². The number of hydrogen-bond donors (Lipinski definition) is 1. The summed E-state index contributed by atoms with van der Waals surface area (Å²) in [5.41, 5.74) is 1.19. The van der Waals surface area contributed by atoms with E-state index in [-0.39, 0.29) is 6.23 Å². The summed E-state index contributed by atoms with van der Waals surface area (Å²) in [6, 6.07) is 10.1. The quantitative estimate of drug-likeness (QED) is 0.905. The van der Waals surface area contributed by atoms with Crippen molar-refractivity contribution < 1.29 is 14.6 Å². The lowest BCUT2D eigenvalue weighted by Crippen LogP contribution is -2.43. The summed E-state index contributed by atoms with van der Waals surface area (Å²) in [6.07, 6.45) is -0.301. The standard InChI is InChI=1S/C14H20N2O3/c1-15(10-12-6-3-2-4-7-12)13-11-16(14(17)18)8-5-9-19-13/h2-4,6-7,13H,5,8-11H2,1H3,(H,17,18). The molecule has 19 heavy (non-hydrogen) atoms. The monoisotopic (exact) mass is 264 g/mol. The second-order valence-corrected chi connectivity index (χ2v) is 4.81. The second kappa shape index (κ2) is 6.54. The van der Waals surface area contributed by atoms with Gasteiger partial charge in [-0.3, -0.25) is 4.90 Å². The van der Waals surface area contributed by atoms with Crippen LogP contribution in [0.25, 0.3) is 0 Å². The van der Waals surface area contributed by atoms with Gasteiger partial charge in [0.2, 0.25) is 0 Å². The van der Waals surface area contributed by atoms with Gasteiger partial charge in [0.05, 0.1) is 13.2 Å². The molecule has 104 valence electrons. The van der Waals surface area contributed by atoms with Gasteiger partial charge in [-0.15, -0.1) is 0 Å². The Kier molecular flexibility index (Phi) is 4.76. The number of likely N-dealkylation sites (N-methyl/N-ethyl adjacent to an activating group) is 1. The van der Waals surface area contributed by atoms with E-state index in [0.717, 1.165) is 13.0 Å². The van der Waals surface area contributed by atoms with Crippen molar-refractivity contribution in [3.05, 3.63) is 35.9 Å². The van der Waals surface area contributed by atoms with E-state index in [1.54, 1.807) is 0 Å². The molecule has 0 saturated carbocycles. The molecule has 1 saturated heterocycles. The Morgan fingerprint density at radius 3 is 2.89 bits per heavy atom. The van der Waals surface area contributed by atoms with Crippen molar-refractivity contribution in [1.82, 2.24) is 9.80 Å². The van der Waals surface area contributed by atoms with E-state index in [1.807, 2.05) is 25.2 Å². The fourth-order valence-electron chi connectivity index (χ4n) is 2.22. The molecule has 0 aliphatic carbocycles. The van der Waals surface area contributed by atoms with Crippen molar-refractivity contribution >= 4 is 6.09 Å². The van der Waals surface area contributed by atoms with Crippen LogP contribution in [0, 0.1) is 0 Å². The van der Waals surface area contributed by atoms with Crippen molar-refractivity contribution in [2.24, 2.45) is 0 Å². The van der Waals surface area contributed by atoms with Crippen LogP contribution in [0.2, 0.25) is 0 Å². The van der Waals surface area contributed by atoms with E-state index in [1.165, 1.54) is 10.5 Å². The highest BCUT2D eigenvalue weighted by Gasteiger charge is 2.24. The van der Waals surface area contributed by atoms with Crippen LogP contribution in [-0.2, 0) is 11.3 Å². The average molecular weight is 264 g/mol. The molecule has 0 aromatic heterocycles. The summed E-state index contributed by atoms with van der Waals surface area (Å²) < 4.78 is 5.74. The third-order valence-corrected chi connectivity index (χ3v) is 3.30. The number of carbonyl (C=O) groups is 1. The van der Waals surface area contributed by atoms with E-state index in [9.17, 15) is 4.79 Å². The molecule has 1 N–H and O–H groups in total. The molecule has 5 heteroatoms. The molecule has 2 rings (SSSR count). The minimum atomic E-state index is -0.872. The van der Waals surface area contributed by atoms with Gasteiger partial charge in [-0.05, 0) is 19.0 Å². The summed E-state index contributed by atoms with van der Waals surface area (Å²) in [7, 11) is 1.96. The summed E-state index contributed by atoms with van der Waals surface area (Å²) in [5, 5.41) is 9.10. The number of amides is 1. The first kappa shape index (κ1) is 13.8. The van der Waals surface area contributed by atoms with Gasteiger partial charge in [-0.1, -0.05) is 30.3 Å². The predicted octanol–water partition coefficient (Wildman–Crippen LogP) is 1.84. The van der Waals surface area contributed by atoms with E-state index in [0.29, 0.717) is 19.7 Å². The number of benzene rings is 1. The zero-order valence-corrected chi connectivity index (χ0v) is 11.2. The molecule has 0 spiro atoms. The summed E-state index contributed by atoms with van der Waals surface area (Å²) >= 11 is 0. The van der Waals surface area contributed by atoms with Gasteiger partial charge in [0.1, 0.15) is 6.23 Å². The van der Waals surface area contributed by atoms with E-state index in [2.05, 4.69) is 17.0 Å². The molecule has 1 fully saturated rings. The second-order valence-electron chi connectivity index (χ2n) is 4.81. The minimum Gasteiger partial charge on any atom is -0.465 e. The molecule has 1 aliphatic rings. The molecule has 1 atom stereocenters.